The zero-order valence-corrected chi connectivity index (χ0v) is 16.8. The van der Waals surface area contributed by atoms with Gasteiger partial charge < -0.3 is 20.1 Å². The summed E-state index contributed by atoms with van der Waals surface area (Å²) in [5, 5.41) is 7.87. The second-order valence-electron chi connectivity index (χ2n) is 5.73. The molecule has 0 unspecified atom stereocenters. The molecule has 0 radical (unpaired) electrons. The molecule has 140 valence electrons. The molecule has 2 N–H and O–H groups in total. The van der Waals surface area contributed by atoms with Gasteiger partial charge in [0.25, 0.3) is 0 Å². The van der Waals surface area contributed by atoms with Crippen LogP contribution < -0.4 is 20.1 Å². The maximum absolute atomic E-state index is 5.89. The molecule has 0 spiro atoms. The molecular formula is C20H25ClN2O2S. The molecule has 4 nitrogen and oxygen atoms in total. The van der Waals surface area contributed by atoms with Gasteiger partial charge in [-0.25, -0.2) is 0 Å². The molecule has 0 atom stereocenters. The van der Waals surface area contributed by atoms with Gasteiger partial charge in [-0.3, -0.25) is 0 Å². The number of nitrogens with one attached hydrogen (secondary N) is 2. The van der Waals surface area contributed by atoms with Crippen LogP contribution in [0.5, 0.6) is 11.5 Å². The van der Waals surface area contributed by atoms with Crippen molar-refractivity contribution in [3.63, 3.8) is 0 Å². The summed E-state index contributed by atoms with van der Waals surface area (Å²) < 4.78 is 10.9. The predicted octanol–water partition coefficient (Wildman–Crippen LogP) is 4.00. The number of thiocarbonyl (C=S) groups is 1. The Morgan fingerprint density at radius 1 is 0.962 bits per heavy atom. The third-order valence-corrected chi connectivity index (χ3v) is 4.38. The van der Waals surface area contributed by atoms with Crippen molar-refractivity contribution in [3.8, 4) is 11.5 Å². The summed E-state index contributed by atoms with van der Waals surface area (Å²) >= 11 is 11.2. The van der Waals surface area contributed by atoms with Gasteiger partial charge in [0.15, 0.2) is 16.6 Å². The van der Waals surface area contributed by atoms with Crippen LogP contribution in [0.2, 0.25) is 5.02 Å². The maximum Gasteiger partial charge on any atom is 0.166 e. The van der Waals surface area contributed by atoms with Crippen molar-refractivity contribution >= 4 is 28.9 Å². The van der Waals surface area contributed by atoms with Crippen LogP contribution in [0.4, 0.5) is 0 Å². The molecule has 0 saturated carbocycles. The fourth-order valence-corrected chi connectivity index (χ4v) is 2.83. The van der Waals surface area contributed by atoms with Crippen molar-refractivity contribution in [2.24, 2.45) is 0 Å². The van der Waals surface area contributed by atoms with Crippen LogP contribution in [-0.4, -0.2) is 31.9 Å². The van der Waals surface area contributed by atoms with Crippen LogP contribution in [-0.2, 0) is 12.8 Å². The van der Waals surface area contributed by atoms with Gasteiger partial charge in [0, 0.05) is 18.1 Å². The van der Waals surface area contributed by atoms with Crippen molar-refractivity contribution in [3.05, 3.63) is 58.6 Å². The molecule has 0 aliphatic rings. The Labute approximate surface area is 165 Å². The van der Waals surface area contributed by atoms with Crippen LogP contribution in [0.3, 0.4) is 0 Å². The number of hydrogen-bond acceptors (Lipinski definition) is 3. The van der Waals surface area contributed by atoms with E-state index in [0.29, 0.717) is 11.7 Å². The van der Waals surface area contributed by atoms with Crippen LogP contribution in [0.25, 0.3) is 0 Å². The highest BCUT2D eigenvalue weighted by molar-refractivity contribution is 7.80. The van der Waals surface area contributed by atoms with Crippen molar-refractivity contribution in [1.82, 2.24) is 10.6 Å². The summed E-state index contributed by atoms with van der Waals surface area (Å²) in [6.07, 6.45) is 1.75. The van der Waals surface area contributed by atoms with Gasteiger partial charge in [0.05, 0.1) is 13.7 Å². The highest BCUT2D eigenvalue weighted by Crippen LogP contribution is 2.28. The first kappa shape index (κ1) is 20.3. The number of rotatable bonds is 9. The van der Waals surface area contributed by atoms with Crippen LogP contribution in [0.1, 0.15) is 18.1 Å². The highest BCUT2D eigenvalue weighted by atomic mass is 35.5. The van der Waals surface area contributed by atoms with E-state index >= 15 is 0 Å². The number of ether oxygens (including phenoxy) is 2. The zero-order valence-electron chi connectivity index (χ0n) is 15.2. The minimum Gasteiger partial charge on any atom is -0.493 e. The van der Waals surface area contributed by atoms with E-state index in [1.807, 2.05) is 49.4 Å². The molecule has 0 fully saturated rings. The van der Waals surface area contributed by atoms with Gasteiger partial charge in [-0.05, 0) is 67.4 Å². The summed E-state index contributed by atoms with van der Waals surface area (Å²) in [5.41, 5.74) is 2.40. The normalized spacial score (nSPS) is 10.3. The molecule has 0 aliphatic heterocycles. The van der Waals surface area contributed by atoms with Gasteiger partial charge in [-0.2, -0.15) is 0 Å². The molecule has 26 heavy (non-hydrogen) atoms. The van der Waals surface area contributed by atoms with Crippen LogP contribution in [0.15, 0.2) is 42.5 Å². The maximum atomic E-state index is 5.89. The molecule has 2 rings (SSSR count). The molecule has 0 saturated heterocycles. The smallest absolute Gasteiger partial charge is 0.166 e. The standard InChI is InChI=1S/C20H25ClN2O2S/c1-3-25-18-9-6-16(14-19(18)24-2)11-13-23-20(26)22-12-10-15-4-7-17(21)8-5-15/h4-9,14H,3,10-13H2,1-2H3,(H2,22,23,26). The number of halogens is 1. The van der Waals surface area contributed by atoms with Crippen LogP contribution >= 0.6 is 23.8 Å². The highest BCUT2D eigenvalue weighted by Gasteiger charge is 2.05. The van der Waals surface area contributed by atoms with Crippen LogP contribution in [0, 0.1) is 0 Å². The molecule has 2 aromatic rings. The molecular weight excluding hydrogens is 368 g/mol. The number of hydrogen-bond donors (Lipinski definition) is 2. The minimum absolute atomic E-state index is 0.618. The van der Waals surface area contributed by atoms with E-state index in [-0.39, 0.29) is 0 Å². The Morgan fingerprint density at radius 2 is 1.58 bits per heavy atom. The van der Waals surface area contributed by atoms with Gasteiger partial charge >= 0.3 is 0 Å². The van der Waals surface area contributed by atoms with E-state index < -0.39 is 0 Å². The van der Waals surface area contributed by atoms with Gasteiger partial charge in [-0.1, -0.05) is 29.8 Å². The van der Waals surface area contributed by atoms with Crippen molar-refractivity contribution in [2.75, 3.05) is 26.8 Å². The summed E-state index contributed by atoms with van der Waals surface area (Å²) in [6.45, 7) is 4.11. The third kappa shape index (κ3) is 6.73. The molecule has 0 heterocycles. The Kier molecular flexibility index (Phi) is 8.51. The summed E-state index contributed by atoms with van der Waals surface area (Å²) in [7, 11) is 1.65. The lowest BCUT2D eigenvalue weighted by molar-refractivity contribution is 0.310. The van der Waals surface area contributed by atoms with E-state index in [0.717, 1.165) is 42.5 Å². The van der Waals surface area contributed by atoms with E-state index in [2.05, 4.69) is 10.6 Å². The minimum atomic E-state index is 0.618. The molecule has 0 amide bonds. The molecule has 0 aromatic heterocycles. The van der Waals surface area contributed by atoms with Gasteiger partial charge in [0.2, 0.25) is 0 Å². The largest absolute Gasteiger partial charge is 0.493 e. The van der Waals surface area contributed by atoms with Gasteiger partial charge in [0.1, 0.15) is 0 Å². The van der Waals surface area contributed by atoms with Gasteiger partial charge in [-0.15, -0.1) is 0 Å². The van der Waals surface area contributed by atoms with E-state index in [1.165, 1.54) is 11.1 Å². The fourth-order valence-electron chi connectivity index (χ4n) is 2.50. The molecule has 6 heteroatoms. The number of benzene rings is 2. The topological polar surface area (TPSA) is 42.5 Å². The first-order chi connectivity index (χ1) is 12.6. The summed E-state index contributed by atoms with van der Waals surface area (Å²) in [5.74, 6) is 1.53. The van der Waals surface area contributed by atoms with Crippen molar-refractivity contribution in [2.45, 2.75) is 19.8 Å². The van der Waals surface area contributed by atoms with Crippen molar-refractivity contribution in [1.29, 1.82) is 0 Å². The lowest BCUT2D eigenvalue weighted by atomic mass is 10.1. The molecule has 0 bridgehead atoms. The Bertz CT molecular complexity index is 707. The lowest BCUT2D eigenvalue weighted by Crippen LogP contribution is -2.37. The Morgan fingerprint density at radius 3 is 2.19 bits per heavy atom. The lowest BCUT2D eigenvalue weighted by Gasteiger charge is -2.13. The second-order valence-corrected chi connectivity index (χ2v) is 6.57. The quantitative estimate of drug-likeness (QED) is 0.631. The monoisotopic (exact) mass is 392 g/mol. The Hall–Kier alpha value is -1.98. The first-order valence-corrected chi connectivity index (χ1v) is 9.47. The predicted molar refractivity (Wildman–Crippen MR) is 112 cm³/mol. The summed E-state index contributed by atoms with van der Waals surface area (Å²) in [4.78, 5) is 0. The van der Waals surface area contributed by atoms with E-state index in [9.17, 15) is 0 Å². The summed E-state index contributed by atoms with van der Waals surface area (Å²) in [6, 6.07) is 13.9. The average molecular weight is 393 g/mol. The van der Waals surface area contributed by atoms with E-state index in [1.54, 1.807) is 7.11 Å². The molecule has 2 aromatic carbocycles. The first-order valence-electron chi connectivity index (χ1n) is 8.68. The van der Waals surface area contributed by atoms with Crippen molar-refractivity contribution < 1.29 is 9.47 Å². The second kappa shape index (κ2) is 10.9. The SMILES string of the molecule is CCOc1ccc(CCNC(=S)NCCc2ccc(Cl)cc2)cc1OC. The Balaban J connectivity index is 1.70. The molecule has 0 aliphatic carbocycles. The average Bonchev–Trinajstić information content (AvgIpc) is 2.64. The number of methoxy groups -OCH3 is 1. The third-order valence-electron chi connectivity index (χ3n) is 3.84. The van der Waals surface area contributed by atoms with E-state index in [4.69, 9.17) is 33.3 Å². The fraction of sp³-hybridized carbons (Fsp3) is 0.350. The zero-order chi connectivity index (χ0) is 18.8.